The van der Waals surface area contributed by atoms with Crippen LogP contribution in [0.3, 0.4) is 0 Å². The molecule has 0 atom stereocenters. The van der Waals surface area contributed by atoms with E-state index in [1.165, 1.54) is 12.8 Å². The van der Waals surface area contributed by atoms with Crippen molar-refractivity contribution >= 4 is 0 Å². The van der Waals surface area contributed by atoms with Crippen molar-refractivity contribution in [2.24, 2.45) is 11.3 Å². The van der Waals surface area contributed by atoms with E-state index >= 15 is 0 Å². The Balaban J connectivity index is 2.32. The summed E-state index contributed by atoms with van der Waals surface area (Å²) in [5, 5.41) is 0. The Kier molecular flexibility index (Phi) is 1.30. The van der Waals surface area contributed by atoms with Crippen molar-refractivity contribution in [3.8, 4) is 0 Å². The van der Waals surface area contributed by atoms with Gasteiger partial charge in [-0.15, -0.1) is 0 Å². The van der Waals surface area contributed by atoms with E-state index in [0.29, 0.717) is 5.41 Å². The molecule has 0 heterocycles. The lowest BCUT2D eigenvalue weighted by molar-refractivity contribution is 0.329. The van der Waals surface area contributed by atoms with E-state index in [1.54, 1.807) is 11.1 Å². The molecule has 0 unspecified atom stereocenters. The zero-order chi connectivity index (χ0) is 8.06. The Labute approximate surface area is 69.0 Å². The summed E-state index contributed by atoms with van der Waals surface area (Å²) in [5.41, 5.74) is 3.80. The van der Waals surface area contributed by atoms with Gasteiger partial charge in [0.05, 0.1) is 0 Å². The van der Waals surface area contributed by atoms with E-state index in [-0.39, 0.29) is 0 Å². The van der Waals surface area contributed by atoms with Crippen LogP contribution in [0.4, 0.5) is 0 Å². The van der Waals surface area contributed by atoms with Crippen LogP contribution < -0.4 is 0 Å². The summed E-state index contributed by atoms with van der Waals surface area (Å²) >= 11 is 0. The Morgan fingerprint density at radius 3 is 1.73 bits per heavy atom. The van der Waals surface area contributed by atoms with E-state index in [0.717, 1.165) is 5.92 Å². The first kappa shape index (κ1) is 7.15. The zero-order valence-corrected chi connectivity index (χ0v) is 7.65. The highest BCUT2D eigenvalue weighted by Gasteiger charge is 2.37. The molecular weight excluding hydrogens is 132 g/mol. The van der Waals surface area contributed by atoms with Crippen LogP contribution in [-0.4, -0.2) is 0 Å². The van der Waals surface area contributed by atoms with Crippen LogP contribution in [0.1, 0.15) is 33.6 Å². The van der Waals surface area contributed by atoms with Gasteiger partial charge in [0.15, 0.2) is 0 Å². The van der Waals surface area contributed by atoms with Gasteiger partial charge in [-0.05, 0) is 18.3 Å². The third kappa shape index (κ3) is 0.962. The van der Waals surface area contributed by atoms with Crippen molar-refractivity contribution in [1.29, 1.82) is 0 Å². The fourth-order valence-electron chi connectivity index (χ4n) is 2.50. The minimum Gasteiger partial charge on any atom is -0.0624 e. The number of fused-ring (bicyclic) bond motifs is 2. The van der Waals surface area contributed by atoms with Crippen LogP contribution in [0, 0.1) is 11.3 Å². The molecule has 60 valence electrons. The van der Waals surface area contributed by atoms with E-state index in [2.05, 4.69) is 32.9 Å². The molecule has 0 N–H and O–H groups in total. The van der Waals surface area contributed by atoms with Crippen molar-refractivity contribution < 1.29 is 0 Å². The van der Waals surface area contributed by atoms with E-state index < -0.39 is 0 Å². The molecule has 1 saturated carbocycles. The summed E-state index contributed by atoms with van der Waals surface area (Å²) in [7, 11) is 0. The van der Waals surface area contributed by atoms with Gasteiger partial charge in [0.25, 0.3) is 0 Å². The number of allylic oxidation sites excluding steroid dienone is 4. The molecule has 2 aliphatic rings. The third-order valence-corrected chi connectivity index (χ3v) is 2.82. The van der Waals surface area contributed by atoms with Crippen LogP contribution in [0.2, 0.25) is 0 Å². The molecule has 0 aliphatic heterocycles. The fourth-order valence-corrected chi connectivity index (χ4v) is 2.50. The van der Waals surface area contributed by atoms with Crippen LogP contribution in [0.15, 0.2) is 23.3 Å². The topological polar surface area (TPSA) is 0 Å². The minimum atomic E-state index is 0.449. The highest BCUT2D eigenvalue weighted by atomic mass is 14.4. The van der Waals surface area contributed by atoms with Crippen molar-refractivity contribution in [3.05, 3.63) is 23.3 Å². The molecule has 0 nitrogen and oxygen atoms in total. The monoisotopic (exact) mass is 148 g/mol. The molecule has 0 heteroatoms. The SMILES string of the molecule is CC(C)(C)C1C2=CC=C1CC2. The van der Waals surface area contributed by atoms with Gasteiger partial charge < -0.3 is 0 Å². The van der Waals surface area contributed by atoms with E-state index in [9.17, 15) is 0 Å². The summed E-state index contributed by atoms with van der Waals surface area (Å²) in [5.74, 6) is 0.780. The lowest BCUT2D eigenvalue weighted by atomic mass is 9.77. The van der Waals surface area contributed by atoms with Gasteiger partial charge in [0, 0.05) is 5.92 Å². The van der Waals surface area contributed by atoms with E-state index in [4.69, 9.17) is 0 Å². The smallest absolute Gasteiger partial charge is 0.00620 e. The minimum absolute atomic E-state index is 0.449. The molecule has 2 aliphatic carbocycles. The number of hydrogen-bond donors (Lipinski definition) is 0. The molecular formula is C11H16. The average molecular weight is 148 g/mol. The van der Waals surface area contributed by atoms with Gasteiger partial charge >= 0.3 is 0 Å². The van der Waals surface area contributed by atoms with Gasteiger partial charge in [0.1, 0.15) is 0 Å². The Bertz CT molecular complexity index is 215. The Morgan fingerprint density at radius 2 is 1.55 bits per heavy atom. The molecule has 0 amide bonds. The van der Waals surface area contributed by atoms with Gasteiger partial charge in [-0.25, -0.2) is 0 Å². The van der Waals surface area contributed by atoms with Crippen LogP contribution in [0.5, 0.6) is 0 Å². The lowest BCUT2D eigenvalue weighted by Crippen LogP contribution is -2.18. The summed E-state index contributed by atoms with van der Waals surface area (Å²) in [6, 6.07) is 0. The van der Waals surface area contributed by atoms with Crippen LogP contribution >= 0.6 is 0 Å². The third-order valence-electron chi connectivity index (χ3n) is 2.82. The quantitative estimate of drug-likeness (QED) is 0.494. The molecule has 11 heavy (non-hydrogen) atoms. The first-order valence-electron chi connectivity index (χ1n) is 4.48. The van der Waals surface area contributed by atoms with Crippen molar-refractivity contribution in [2.75, 3.05) is 0 Å². The summed E-state index contributed by atoms with van der Waals surface area (Å²) < 4.78 is 0. The van der Waals surface area contributed by atoms with Gasteiger partial charge in [-0.1, -0.05) is 44.1 Å². The van der Waals surface area contributed by atoms with Gasteiger partial charge in [0.2, 0.25) is 0 Å². The molecule has 0 aromatic heterocycles. The molecule has 2 bridgehead atoms. The molecule has 1 fully saturated rings. The van der Waals surface area contributed by atoms with Gasteiger partial charge in [-0.3, -0.25) is 0 Å². The molecule has 0 saturated heterocycles. The lowest BCUT2D eigenvalue weighted by Gasteiger charge is -2.27. The second-order valence-corrected chi connectivity index (χ2v) is 4.78. The largest absolute Gasteiger partial charge is 0.0624 e. The van der Waals surface area contributed by atoms with Crippen LogP contribution in [0.25, 0.3) is 0 Å². The van der Waals surface area contributed by atoms with Crippen LogP contribution in [-0.2, 0) is 0 Å². The molecule has 0 aromatic rings. The van der Waals surface area contributed by atoms with Crippen molar-refractivity contribution in [1.82, 2.24) is 0 Å². The maximum Gasteiger partial charge on any atom is 0.00620 e. The standard InChI is InChI=1S/C11H16/c1-11(2,3)10-8-4-5-9(10)7-6-8/h4-5,10H,6-7H2,1-3H3. The first-order chi connectivity index (χ1) is 5.09. The molecule has 0 spiro atoms. The molecule has 0 aromatic carbocycles. The predicted octanol–water partition coefficient (Wildman–Crippen LogP) is 3.31. The normalized spacial score (nSPS) is 23.9. The highest BCUT2D eigenvalue weighted by molar-refractivity contribution is 5.41. The first-order valence-corrected chi connectivity index (χ1v) is 4.48. The predicted molar refractivity (Wildman–Crippen MR) is 48.3 cm³/mol. The second kappa shape index (κ2) is 2.00. The fraction of sp³-hybridized carbons (Fsp3) is 0.636. The van der Waals surface area contributed by atoms with Crippen molar-refractivity contribution in [3.63, 3.8) is 0 Å². The van der Waals surface area contributed by atoms with Gasteiger partial charge in [-0.2, -0.15) is 0 Å². The maximum absolute atomic E-state index is 2.34. The molecule has 2 rings (SSSR count). The highest BCUT2D eigenvalue weighted by Crippen LogP contribution is 2.49. The summed E-state index contributed by atoms with van der Waals surface area (Å²) in [6.45, 7) is 7.03. The number of hydrogen-bond acceptors (Lipinski definition) is 0. The van der Waals surface area contributed by atoms with E-state index in [1.807, 2.05) is 0 Å². The second-order valence-electron chi connectivity index (χ2n) is 4.78. The number of rotatable bonds is 0. The zero-order valence-electron chi connectivity index (χ0n) is 7.65. The summed E-state index contributed by atoms with van der Waals surface area (Å²) in [6.07, 6.45) is 7.31. The van der Waals surface area contributed by atoms with Crippen molar-refractivity contribution in [2.45, 2.75) is 33.6 Å². The maximum atomic E-state index is 2.34. The average Bonchev–Trinajstić information content (AvgIpc) is 2.40. The Hall–Kier alpha value is -0.520. The summed E-state index contributed by atoms with van der Waals surface area (Å²) in [4.78, 5) is 0. The molecule has 0 radical (unpaired) electrons. The Morgan fingerprint density at radius 1 is 1.09 bits per heavy atom.